The van der Waals surface area contributed by atoms with Gasteiger partial charge in [0.05, 0.1) is 44.9 Å². The summed E-state index contributed by atoms with van der Waals surface area (Å²) in [6, 6.07) is 13.8. The van der Waals surface area contributed by atoms with Crippen LogP contribution in [0, 0.1) is 0 Å². The van der Waals surface area contributed by atoms with Gasteiger partial charge in [-0.3, -0.25) is 4.79 Å². The van der Waals surface area contributed by atoms with Crippen molar-refractivity contribution in [3.05, 3.63) is 54.1 Å². The zero-order valence-corrected chi connectivity index (χ0v) is 17.9. The van der Waals surface area contributed by atoms with E-state index >= 15 is 0 Å². The van der Waals surface area contributed by atoms with Crippen molar-refractivity contribution < 1.29 is 19.0 Å². The first-order valence-corrected chi connectivity index (χ1v) is 10.7. The summed E-state index contributed by atoms with van der Waals surface area (Å²) in [6.07, 6.45) is 3.31. The van der Waals surface area contributed by atoms with Gasteiger partial charge in [-0.25, -0.2) is 0 Å². The Balaban J connectivity index is 1.54. The summed E-state index contributed by atoms with van der Waals surface area (Å²) in [5, 5.41) is 3.05. The lowest BCUT2D eigenvalue weighted by Gasteiger charge is -2.33. The molecule has 0 unspecified atom stereocenters. The minimum absolute atomic E-state index is 0.181. The van der Waals surface area contributed by atoms with E-state index in [1.807, 2.05) is 30.3 Å². The van der Waals surface area contributed by atoms with Crippen molar-refractivity contribution in [3.63, 3.8) is 0 Å². The maximum absolute atomic E-state index is 12.7. The zero-order chi connectivity index (χ0) is 21.5. The topological polar surface area (TPSA) is 63.3 Å². The number of carbonyl (C=O) groups excluding carboxylic acids is 1. The fourth-order valence-electron chi connectivity index (χ4n) is 3.85. The molecule has 0 spiro atoms. The van der Waals surface area contributed by atoms with E-state index in [0.717, 1.165) is 67.8 Å². The standard InChI is InChI=1S/C24H29N3O4/c1-29-23-5-3-2-4-19(23)6-9-24(28)25-21-8-7-20(26-10-14-30-15-11-26)18-22(21)27-12-16-31-17-13-27/h2-9,18H,10-17H2,1H3,(H,25,28). The van der Waals surface area contributed by atoms with Crippen LogP contribution in [0.25, 0.3) is 6.08 Å². The van der Waals surface area contributed by atoms with Gasteiger partial charge in [-0.15, -0.1) is 0 Å². The van der Waals surface area contributed by atoms with Crippen LogP contribution >= 0.6 is 0 Å². The first kappa shape index (κ1) is 21.2. The van der Waals surface area contributed by atoms with E-state index in [9.17, 15) is 4.79 Å². The molecule has 0 radical (unpaired) electrons. The lowest BCUT2D eigenvalue weighted by molar-refractivity contribution is -0.111. The molecule has 7 nitrogen and oxygen atoms in total. The first-order chi connectivity index (χ1) is 15.2. The van der Waals surface area contributed by atoms with Gasteiger partial charge in [0.25, 0.3) is 0 Å². The van der Waals surface area contributed by atoms with E-state index in [1.165, 1.54) is 6.08 Å². The molecule has 2 fully saturated rings. The van der Waals surface area contributed by atoms with E-state index in [1.54, 1.807) is 13.2 Å². The number of methoxy groups -OCH3 is 1. The molecule has 0 aromatic heterocycles. The Labute approximate surface area is 183 Å². The van der Waals surface area contributed by atoms with Crippen LogP contribution in [0.2, 0.25) is 0 Å². The second-order valence-electron chi connectivity index (χ2n) is 7.46. The second-order valence-corrected chi connectivity index (χ2v) is 7.46. The van der Waals surface area contributed by atoms with Gasteiger partial charge >= 0.3 is 0 Å². The minimum atomic E-state index is -0.181. The van der Waals surface area contributed by atoms with E-state index in [4.69, 9.17) is 14.2 Å². The molecule has 2 aliphatic heterocycles. The summed E-state index contributed by atoms with van der Waals surface area (Å²) in [4.78, 5) is 17.3. The number of hydrogen-bond acceptors (Lipinski definition) is 6. The predicted octanol–water partition coefficient (Wildman–Crippen LogP) is 3.02. The third-order valence-electron chi connectivity index (χ3n) is 5.52. The number of amides is 1. The molecule has 2 aromatic carbocycles. The summed E-state index contributed by atoms with van der Waals surface area (Å²) in [5.74, 6) is 0.551. The number of para-hydroxylation sites is 1. The molecule has 2 saturated heterocycles. The highest BCUT2D eigenvalue weighted by atomic mass is 16.5. The number of anilines is 3. The number of nitrogens with one attached hydrogen (secondary N) is 1. The Morgan fingerprint density at radius 3 is 2.35 bits per heavy atom. The molecule has 1 amide bonds. The average molecular weight is 424 g/mol. The molecule has 31 heavy (non-hydrogen) atoms. The summed E-state index contributed by atoms with van der Waals surface area (Å²) in [7, 11) is 1.62. The van der Waals surface area contributed by atoms with Crippen molar-refractivity contribution in [2.24, 2.45) is 0 Å². The maximum atomic E-state index is 12.7. The van der Waals surface area contributed by atoms with Crippen LogP contribution in [0.5, 0.6) is 5.75 Å². The summed E-state index contributed by atoms with van der Waals surface area (Å²) >= 11 is 0. The van der Waals surface area contributed by atoms with Gasteiger partial charge in [-0.05, 0) is 30.3 Å². The van der Waals surface area contributed by atoms with Crippen molar-refractivity contribution in [2.75, 3.05) is 74.8 Å². The van der Waals surface area contributed by atoms with Crippen molar-refractivity contribution in [1.29, 1.82) is 0 Å². The van der Waals surface area contributed by atoms with E-state index in [2.05, 4.69) is 27.2 Å². The largest absolute Gasteiger partial charge is 0.496 e. The summed E-state index contributed by atoms with van der Waals surface area (Å²) < 4.78 is 16.4. The molecule has 0 aliphatic carbocycles. The third-order valence-corrected chi connectivity index (χ3v) is 5.52. The van der Waals surface area contributed by atoms with Crippen LogP contribution in [0.3, 0.4) is 0 Å². The first-order valence-electron chi connectivity index (χ1n) is 10.7. The molecule has 1 N–H and O–H groups in total. The monoisotopic (exact) mass is 423 g/mol. The Bertz CT molecular complexity index is 919. The van der Waals surface area contributed by atoms with Crippen LogP contribution < -0.4 is 19.9 Å². The van der Waals surface area contributed by atoms with Crippen molar-refractivity contribution in [3.8, 4) is 5.75 Å². The molecule has 2 aliphatic rings. The highest BCUT2D eigenvalue weighted by molar-refractivity contribution is 6.04. The summed E-state index contributed by atoms with van der Waals surface area (Å²) in [6.45, 7) is 6.18. The number of ether oxygens (including phenoxy) is 3. The van der Waals surface area contributed by atoms with Gasteiger partial charge in [-0.2, -0.15) is 0 Å². The lowest BCUT2D eigenvalue weighted by Crippen LogP contribution is -2.38. The molecule has 2 heterocycles. The minimum Gasteiger partial charge on any atom is -0.496 e. The number of benzene rings is 2. The Kier molecular flexibility index (Phi) is 7.07. The fourth-order valence-corrected chi connectivity index (χ4v) is 3.85. The Morgan fingerprint density at radius 1 is 0.968 bits per heavy atom. The molecule has 0 saturated carbocycles. The number of morpholine rings is 2. The predicted molar refractivity (Wildman–Crippen MR) is 123 cm³/mol. The molecule has 0 atom stereocenters. The SMILES string of the molecule is COc1ccccc1C=CC(=O)Nc1ccc(N2CCOCC2)cc1N1CCOCC1. The molecule has 164 valence electrons. The Morgan fingerprint density at radius 2 is 1.65 bits per heavy atom. The number of rotatable bonds is 6. The molecular weight excluding hydrogens is 394 g/mol. The van der Waals surface area contributed by atoms with Gasteiger partial charge in [0.15, 0.2) is 0 Å². The van der Waals surface area contributed by atoms with E-state index in [-0.39, 0.29) is 5.91 Å². The van der Waals surface area contributed by atoms with E-state index < -0.39 is 0 Å². The van der Waals surface area contributed by atoms with Crippen LogP contribution in [0.15, 0.2) is 48.5 Å². The van der Waals surface area contributed by atoms with Crippen LogP contribution in [-0.4, -0.2) is 65.6 Å². The number of nitrogens with zero attached hydrogens (tertiary/aromatic N) is 2. The van der Waals surface area contributed by atoms with E-state index in [0.29, 0.717) is 13.2 Å². The summed E-state index contributed by atoms with van der Waals surface area (Å²) in [5.41, 5.74) is 3.82. The fraction of sp³-hybridized carbons (Fsp3) is 0.375. The van der Waals surface area contributed by atoms with Crippen LogP contribution in [-0.2, 0) is 14.3 Å². The number of hydrogen-bond donors (Lipinski definition) is 1. The second kappa shape index (κ2) is 10.3. The van der Waals surface area contributed by atoms with Gasteiger partial charge in [0.2, 0.25) is 5.91 Å². The zero-order valence-electron chi connectivity index (χ0n) is 17.9. The molecule has 2 aromatic rings. The molecular formula is C24H29N3O4. The third kappa shape index (κ3) is 5.37. The number of carbonyl (C=O) groups is 1. The van der Waals surface area contributed by atoms with Crippen molar-refractivity contribution in [2.45, 2.75) is 0 Å². The lowest BCUT2D eigenvalue weighted by atomic mass is 10.1. The van der Waals surface area contributed by atoms with Gasteiger partial charge in [0.1, 0.15) is 5.75 Å². The van der Waals surface area contributed by atoms with Gasteiger partial charge in [-0.1, -0.05) is 18.2 Å². The van der Waals surface area contributed by atoms with Crippen LogP contribution in [0.1, 0.15) is 5.56 Å². The molecule has 0 bridgehead atoms. The highest BCUT2D eigenvalue weighted by Crippen LogP contribution is 2.32. The van der Waals surface area contributed by atoms with Gasteiger partial charge in [0, 0.05) is 43.5 Å². The van der Waals surface area contributed by atoms with Crippen LogP contribution in [0.4, 0.5) is 17.1 Å². The van der Waals surface area contributed by atoms with Gasteiger partial charge < -0.3 is 29.3 Å². The van der Waals surface area contributed by atoms with Crippen molar-refractivity contribution >= 4 is 29.0 Å². The molecule has 7 heteroatoms. The quantitative estimate of drug-likeness (QED) is 0.721. The van der Waals surface area contributed by atoms with Crippen molar-refractivity contribution in [1.82, 2.24) is 0 Å². The smallest absolute Gasteiger partial charge is 0.248 e. The average Bonchev–Trinajstić information content (AvgIpc) is 2.84. The normalized spacial score (nSPS) is 17.1. The molecule has 4 rings (SSSR count). The Hall–Kier alpha value is -3.03. The highest BCUT2D eigenvalue weighted by Gasteiger charge is 2.19. The maximum Gasteiger partial charge on any atom is 0.248 e.